The fourth-order valence-electron chi connectivity index (χ4n) is 1.68. The van der Waals surface area contributed by atoms with E-state index in [4.69, 9.17) is 4.55 Å². The van der Waals surface area contributed by atoms with Crippen molar-refractivity contribution >= 4 is 10.4 Å². The Labute approximate surface area is 106 Å². The van der Waals surface area contributed by atoms with Gasteiger partial charge in [0.15, 0.2) is 0 Å². The zero-order valence-corrected chi connectivity index (χ0v) is 11.4. The summed E-state index contributed by atoms with van der Waals surface area (Å²) in [7, 11) is -4.24. The number of rotatable bonds is 12. The van der Waals surface area contributed by atoms with Crippen molar-refractivity contribution in [3.05, 3.63) is 6.92 Å². The quantitative estimate of drug-likeness (QED) is 0.433. The molecule has 0 bridgehead atoms. The lowest BCUT2D eigenvalue weighted by Crippen LogP contribution is -2.04. The maximum Gasteiger partial charge on any atom is 0.397 e. The van der Waals surface area contributed by atoms with Gasteiger partial charge in [-0.3, -0.25) is 4.55 Å². The Hall–Kier alpha value is -0.130. The molecule has 0 atom stereocenters. The second-order valence-electron chi connectivity index (χ2n) is 4.29. The molecule has 0 aromatic carbocycles. The van der Waals surface area contributed by atoms with Crippen molar-refractivity contribution in [1.82, 2.24) is 0 Å². The summed E-state index contributed by atoms with van der Waals surface area (Å²) >= 11 is 0. The van der Waals surface area contributed by atoms with E-state index in [1.165, 1.54) is 38.5 Å². The molecule has 1 radical (unpaired) electrons. The first kappa shape index (κ1) is 16.9. The van der Waals surface area contributed by atoms with Gasteiger partial charge in [0.05, 0.1) is 6.61 Å². The summed E-state index contributed by atoms with van der Waals surface area (Å²) in [6, 6.07) is 0. The Morgan fingerprint density at radius 3 is 1.65 bits per heavy atom. The minimum absolute atomic E-state index is 0.0856. The molecule has 17 heavy (non-hydrogen) atoms. The molecule has 0 aromatic rings. The molecule has 0 unspecified atom stereocenters. The molecule has 0 aliphatic rings. The van der Waals surface area contributed by atoms with Gasteiger partial charge in [-0.1, -0.05) is 64.7 Å². The van der Waals surface area contributed by atoms with Crippen molar-refractivity contribution in [3.63, 3.8) is 0 Å². The summed E-state index contributed by atoms with van der Waals surface area (Å²) in [5.41, 5.74) is 0. The third-order valence-corrected chi connectivity index (χ3v) is 3.09. The topological polar surface area (TPSA) is 63.6 Å². The van der Waals surface area contributed by atoms with Crippen molar-refractivity contribution in [3.8, 4) is 0 Å². The normalized spacial score (nSPS) is 11.9. The summed E-state index contributed by atoms with van der Waals surface area (Å²) in [4.78, 5) is 0. The Balaban J connectivity index is 3.04. The minimum atomic E-state index is -4.24. The van der Waals surface area contributed by atoms with Crippen LogP contribution in [0.15, 0.2) is 0 Å². The average Bonchev–Trinajstić information content (AvgIpc) is 2.24. The molecule has 0 spiro atoms. The van der Waals surface area contributed by atoms with Gasteiger partial charge in [0, 0.05) is 0 Å². The molecular formula is C12H25O4S. The molecule has 0 aliphatic heterocycles. The van der Waals surface area contributed by atoms with E-state index in [-0.39, 0.29) is 6.61 Å². The van der Waals surface area contributed by atoms with E-state index in [1.54, 1.807) is 0 Å². The van der Waals surface area contributed by atoms with Crippen LogP contribution in [0.5, 0.6) is 0 Å². The van der Waals surface area contributed by atoms with E-state index in [9.17, 15) is 8.42 Å². The summed E-state index contributed by atoms with van der Waals surface area (Å²) in [5.74, 6) is 0. The SMILES string of the molecule is [CH2]CCCCCCCCCCCOS(=O)(=O)O. The zero-order chi connectivity index (χ0) is 13.0. The maximum absolute atomic E-state index is 10.2. The Morgan fingerprint density at radius 1 is 0.824 bits per heavy atom. The molecule has 0 rings (SSSR count). The van der Waals surface area contributed by atoms with Gasteiger partial charge < -0.3 is 0 Å². The lowest BCUT2D eigenvalue weighted by Gasteiger charge is -2.02. The van der Waals surface area contributed by atoms with Crippen LogP contribution in [0.3, 0.4) is 0 Å². The molecule has 4 nitrogen and oxygen atoms in total. The Morgan fingerprint density at radius 2 is 1.24 bits per heavy atom. The molecule has 5 heteroatoms. The molecule has 103 valence electrons. The van der Waals surface area contributed by atoms with Gasteiger partial charge in [-0.2, -0.15) is 8.42 Å². The third-order valence-electron chi connectivity index (χ3n) is 2.63. The van der Waals surface area contributed by atoms with Gasteiger partial charge in [-0.05, 0) is 6.42 Å². The van der Waals surface area contributed by atoms with Crippen LogP contribution in [0.1, 0.15) is 64.2 Å². The Bertz CT molecular complexity index is 249. The van der Waals surface area contributed by atoms with Crippen LogP contribution in [0.25, 0.3) is 0 Å². The van der Waals surface area contributed by atoms with Gasteiger partial charge in [0.25, 0.3) is 0 Å². The smallest absolute Gasteiger partial charge is 0.264 e. The van der Waals surface area contributed by atoms with Gasteiger partial charge in [-0.25, -0.2) is 4.18 Å². The minimum Gasteiger partial charge on any atom is -0.264 e. The fourth-order valence-corrected chi connectivity index (χ4v) is 2.01. The van der Waals surface area contributed by atoms with Crippen molar-refractivity contribution < 1.29 is 17.2 Å². The van der Waals surface area contributed by atoms with E-state index in [2.05, 4.69) is 11.1 Å². The van der Waals surface area contributed by atoms with E-state index >= 15 is 0 Å². The van der Waals surface area contributed by atoms with Gasteiger partial charge >= 0.3 is 10.4 Å². The van der Waals surface area contributed by atoms with Crippen LogP contribution in [-0.4, -0.2) is 19.6 Å². The lowest BCUT2D eigenvalue weighted by molar-refractivity contribution is 0.261. The number of unbranched alkanes of at least 4 members (excludes halogenated alkanes) is 9. The highest BCUT2D eigenvalue weighted by molar-refractivity contribution is 7.80. The van der Waals surface area contributed by atoms with Gasteiger partial charge in [0.1, 0.15) is 0 Å². The predicted molar refractivity (Wildman–Crippen MR) is 69.0 cm³/mol. The van der Waals surface area contributed by atoms with Crippen LogP contribution in [0.2, 0.25) is 0 Å². The first-order valence-electron chi connectivity index (χ1n) is 6.47. The van der Waals surface area contributed by atoms with Crippen molar-refractivity contribution in [2.45, 2.75) is 64.2 Å². The molecule has 0 saturated carbocycles. The summed E-state index contributed by atoms with van der Waals surface area (Å²) in [6.07, 6.45) is 11.3. The molecule has 0 heterocycles. The summed E-state index contributed by atoms with van der Waals surface area (Å²) in [5, 5.41) is 0. The van der Waals surface area contributed by atoms with Crippen molar-refractivity contribution in [2.75, 3.05) is 6.61 Å². The standard InChI is InChI=1S/C12H25O4S/c1-2-3-4-5-6-7-8-9-10-11-12-16-17(13,14)15/h1-12H2,(H,13,14,15). The Kier molecular flexibility index (Phi) is 10.9. The third kappa shape index (κ3) is 15.9. The van der Waals surface area contributed by atoms with Crippen molar-refractivity contribution in [2.24, 2.45) is 0 Å². The molecule has 1 N–H and O–H groups in total. The molecule has 0 aliphatic carbocycles. The second-order valence-corrected chi connectivity index (χ2v) is 5.38. The van der Waals surface area contributed by atoms with Crippen LogP contribution >= 0.6 is 0 Å². The molecule has 0 fully saturated rings. The van der Waals surface area contributed by atoms with E-state index < -0.39 is 10.4 Å². The molecule has 0 saturated heterocycles. The van der Waals surface area contributed by atoms with E-state index in [1.807, 2.05) is 0 Å². The molecular weight excluding hydrogens is 240 g/mol. The van der Waals surface area contributed by atoms with Crippen LogP contribution < -0.4 is 0 Å². The predicted octanol–water partition coefficient (Wildman–Crippen LogP) is 3.54. The first-order chi connectivity index (χ1) is 8.06. The lowest BCUT2D eigenvalue weighted by atomic mass is 10.1. The van der Waals surface area contributed by atoms with Gasteiger partial charge in [0.2, 0.25) is 0 Å². The highest BCUT2D eigenvalue weighted by atomic mass is 32.3. The summed E-state index contributed by atoms with van der Waals surface area (Å²) in [6.45, 7) is 3.89. The summed E-state index contributed by atoms with van der Waals surface area (Å²) < 4.78 is 33.0. The molecule has 0 amide bonds. The second kappa shape index (κ2) is 11.0. The first-order valence-corrected chi connectivity index (χ1v) is 7.84. The largest absolute Gasteiger partial charge is 0.397 e. The number of hydrogen-bond donors (Lipinski definition) is 1. The average molecular weight is 265 g/mol. The highest BCUT2D eigenvalue weighted by Crippen LogP contribution is 2.10. The molecule has 0 aromatic heterocycles. The number of hydrogen-bond acceptors (Lipinski definition) is 3. The fraction of sp³-hybridized carbons (Fsp3) is 0.917. The van der Waals surface area contributed by atoms with Crippen LogP contribution in [-0.2, 0) is 14.6 Å². The maximum atomic E-state index is 10.2. The van der Waals surface area contributed by atoms with E-state index in [0.717, 1.165) is 19.3 Å². The van der Waals surface area contributed by atoms with Crippen LogP contribution in [0, 0.1) is 6.92 Å². The van der Waals surface area contributed by atoms with E-state index in [0.29, 0.717) is 6.42 Å². The zero-order valence-electron chi connectivity index (χ0n) is 10.6. The monoisotopic (exact) mass is 265 g/mol. The van der Waals surface area contributed by atoms with Gasteiger partial charge in [-0.15, -0.1) is 0 Å². The van der Waals surface area contributed by atoms with Crippen LogP contribution in [0.4, 0.5) is 0 Å². The highest BCUT2D eigenvalue weighted by Gasteiger charge is 2.02. The van der Waals surface area contributed by atoms with Crippen molar-refractivity contribution in [1.29, 1.82) is 0 Å².